The van der Waals surface area contributed by atoms with E-state index in [2.05, 4.69) is 4.74 Å². The molecule has 0 aliphatic rings. The summed E-state index contributed by atoms with van der Waals surface area (Å²) in [7, 11) is 1.28. The van der Waals surface area contributed by atoms with Crippen LogP contribution in [0.25, 0.3) is 0 Å². The number of benzene rings is 1. The van der Waals surface area contributed by atoms with E-state index in [0.717, 1.165) is 6.07 Å². The van der Waals surface area contributed by atoms with Crippen molar-refractivity contribution in [3.63, 3.8) is 0 Å². The summed E-state index contributed by atoms with van der Waals surface area (Å²) in [5, 5.41) is 10.6. The second-order valence-corrected chi connectivity index (χ2v) is 3.85. The summed E-state index contributed by atoms with van der Waals surface area (Å²) in [6.45, 7) is 1.63. The third kappa shape index (κ3) is 4.20. The molecule has 0 radical (unpaired) electrons. The van der Waals surface area contributed by atoms with Crippen molar-refractivity contribution < 1.29 is 23.6 Å². The minimum atomic E-state index is -0.796. The summed E-state index contributed by atoms with van der Waals surface area (Å²) >= 11 is 0. The number of hydrogen-bond acceptors (Lipinski definition) is 5. The van der Waals surface area contributed by atoms with E-state index in [1.807, 2.05) is 0 Å². The van der Waals surface area contributed by atoms with Crippen LogP contribution in [-0.4, -0.2) is 24.6 Å². The lowest BCUT2D eigenvalue weighted by Crippen LogP contribution is -2.05. The van der Waals surface area contributed by atoms with E-state index < -0.39 is 10.7 Å². The van der Waals surface area contributed by atoms with Gasteiger partial charge in [-0.1, -0.05) is 0 Å². The molecule has 0 saturated carbocycles. The molecule has 1 aromatic rings. The number of carbonyl (C=O) groups excluding carboxylic acids is 1. The van der Waals surface area contributed by atoms with E-state index in [9.17, 15) is 19.3 Å². The molecule has 104 valence electrons. The van der Waals surface area contributed by atoms with Crippen molar-refractivity contribution in [1.82, 2.24) is 0 Å². The fourth-order valence-electron chi connectivity index (χ4n) is 1.45. The van der Waals surface area contributed by atoms with Crippen LogP contribution in [0.5, 0.6) is 5.75 Å². The topological polar surface area (TPSA) is 78.7 Å². The first-order valence-corrected chi connectivity index (χ1v) is 5.60. The second kappa shape index (κ2) is 6.67. The number of nitro groups is 1. The first-order chi connectivity index (χ1) is 8.95. The van der Waals surface area contributed by atoms with E-state index in [4.69, 9.17) is 4.74 Å². The van der Waals surface area contributed by atoms with Gasteiger partial charge < -0.3 is 9.47 Å². The lowest BCUT2D eigenvalue weighted by Gasteiger charge is -2.08. The monoisotopic (exact) mass is 271 g/mol. The van der Waals surface area contributed by atoms with Crippen LogP contribution in [0.3, 0.4) is 0 Å². The number of methoxy groups -OCH3 is 1. The van der Waals surface area contributed by atoms with Gasteiger partial charge in [0, 0.05) is 12.0 Å². The predicted octanol–water partition coefficient (Wildman–Crippen LogP) is 2.37. The summed E-state index contributed by atoms with van der Waals surface area (Å²) in [6.07, 6.45) is 0.548. The Hall–Kier alpha value is -2.18. The Bertz CT molecular complexity index is 489. The third-order valence-corrected chi connectivity index (χ3v) is 2.46. The van der Waals surface area contributed by atoms with Crippen LogP contribution in [0.4, 0.5) is 10.1 Å². The molecule has 0 aliphatic carbocycles. The second-order valence-electron chi connectivity index (χ2n) is 3.85. The van der Waals surface area contributed by atoms with Crippen LogP contribution in [0, 0.1) is 22.9 Å². The number of ether oxygens (including phenoxy) is 2. The zero-order valence-corrected chi connectivity index (χ0v) is 10.6. The molecule has 0 spiro atoms. The van der Waals surface area contributed by atoms with Gasteiger partial charge in [-0.25, -0.2) is 4.39 Å². The maximum absolute atomic E-state index is 13.5. The smallest absolute Gasteiger partial charge is 0.305 e. The van der Waals surface area contributed by atoms with Gasteiger partial charge in [0.05, 0.1) is 24.7 Å². The molecule has 0 atom stereocenters. The van der Waals surface area contributed by atoms with Crippen molar-refractivity contribution in [1.29, 1.82) is 0 Å². The predicted molar refractivity (Wildman–Crippen MR) is 64.5 cm³/mol. The Morgan fingerprint density at radius 2 is 2.16 bits per heavy atom. The number of carbonyl (C=O) groups is 1. The minimum Gasteiger partial charge on any atom is -0.490 e. The molecular formula is C12H14FNO5. The molecule has 0 amide bonds. The van der Waals surface area contributed by atoms with Crippen molar-refractivity contribution in [3.05, 3.63) is 33.6 Å². The molecule has 0 fully saturated rings. The molecule has 19 heavy (non-hydrogen) atoms. The normalized spacial score (nSPS) is 10.1. The van der Waals surface area contributed by atoms with E-state index in [1.54, 1.807) is 0 Å². The molecule has 0 aliphatic heterocycles. The minimum absolute atomic E-state index is 0.0621. The zero-order valence-electron chi connectivity index (χ0n) is 10.6. The molecule has 1 rings (SSSR count). The third-order valence-electron chi connectivity index (χ3n) is 2.46. The summed E-state index contributed by atoms with van der Waals surface area (Å²) in [5.41, 5.74) is 0.0220. The van der Waals surface area contributed by atoms with Gasteiger partial charge in [0.15, 0.2) is 11.6 Å². The SMILES string of the molecule is COC(=O)CCCOc1cc(C)c([N+](=O)[O-])cc1F. The number of aryl methyl sites for hydroxylation is 1. The van der Waals surface area contributed by atoms with Crippen molar-refractivity contribution in [3.8, 4) is 5.75 Å². The fraction of sp³-hybridized carbons (Fsp3) is 0.417. The van der Waals surface area contributed by atoms with Gasteiger partial charge in [-0.05, 0) is 19.4 Å². The van der Waals surface area contributed by atoms with E-state index in [0.29, 0.717) is 12.0 Å². The highest BCUT2D eigenvalue weighted by molar-refractivity contribution is 5.69. The quantitative estimate of drug-likeness (QED) is 0.343. The molecule has 0 aromatic heterocycles. The maximum Gasteiger partial charge on any atom is 0.305 e. The molecule has 0 bridgehead atoms. The highest BCUT2D eigenvalue weighted by Crippen LogP contribution is 2.27. The van der Waals surface area contributed by atoms with E-state index in [-0.39, 0.29) is 30.4 Å². The van der Waals surface area contributed by atoms with Crippen molar-refractivity contribution in [2.24, 2.45) is 0 Å². The van der Waals surface area contributed by atoms with Gasteiger partial charge in [-0.3, -0.25) is 14.9 Å². The molecular weight excluding hydrogens is 257 g/mol. The number of nitro benzene ring substituents is 1. The number of esters is 1. The lowest BCUT2D eigenvalue weighted by atomic mass is 10.2. The Morgan fingerprint density at radius 1 is 1.47 bits per heavy atom. The molecule has 1 aromatic carbocycles. The fourth-order valence-corrected chi connectivity index (χ4v) is 1.45. The summed E-state index contributed by atoms with van der Waals surface area (Å²) in [6, 6.07) is 2.09. The molecule has 6 nitrogen and oxygen atoms in total. The molecule has 0 unspecified atom stereocenters. The van der Waals surface area contributed by atoms with Crippen LogP contribution >= 0.6 is 0 Å². The number of hydrogen-bond donors (Lipinski definition) is 0. The molecule has 0 saturated heterocycles. The van der Waals surface area contributed by atoms with Crippen LogP contribution in [-0.2, 0) is 9.53 Å². The Labute approximate surface area is 109 Å². The van der Waals surface area contributed by atoms with Crippen LogP contribution in [0.1, 0.15) is 18.4 Å². The Balaban J connectivity index is 2.62. The first-order valence-electron chi connectivity index (χ1n) is 5.60. The molecule has 0 N–H and O–H groups in total. The van der Waals surface area contributed by atoms with E-state index >= 15 is 0 Å². The standard InChI is InChI=1S/C12H14FNO5/c1-8-6-11(9(13)7-10(8)14(16)17)19-5-3-4-12(15)18-2/h6-7H,3-5H2,1-2H3. The van der Waals surface area contributed by atoms with Gasteiger partial charge in [0.2, 0.25) is 0 Å². The lowest BCUT2D eigenvalue weighted by molar-refractivity contribution is -0.385. The van der Waals surface area contributed by atoms with Gasteiger partial charge in [0.1, 0.15) is 0 Å². The van der Waals surface area contributed by atoms with Crippen molar-refractivity contribution in [2.75, 3.05) is 13.7 Å². The van der Waals surface area contributed by atoms with Gasteiger partial charge in [0.25, 0.3) is 5.69 Å². The maximum atomic E-state index is 13.5. The number of rotatable bonds is 6. The van der Waals surface area contributed by atoms with Crippen LogP contribution in [0.15, 0.2) is 12.1 Å². The van der Waals surface area contributed by atoms with Crippen LogP contribution in [0.2, 0.25) is 0 Å². The Kier molecular flexibility index (Phi) is 5.23. The summed E-state index contributed by atoms with van der Waals surface area (Å²) in [4.78, 5) is 20.8. The van der Waals surface area contributed by atoms with Crippen LogP contribution < -0.4 is 4.74 Å². The summed E-state index contributed by atoms with van der Waals surface area (Å²) < 4.78 is 23.1. The Morgan fingerprint density at radius 3 is 2.74 bits per heavy atom. The first kappa shape index (κ1) is 14.9. The number of halogens is 1. The average molecular weight is 271 g/mol. The van der Waals surface area contributed by atoms with E-state index in [1.165, 1.54) is 20.1 Å². The highest BCUT2D eigenvalue weighted by atomic mass is 19.1. The number of nitrogens with zero attached hydrogens (tertiary/aromatic N) is 1. The molecule has 0 heterocycles. The van der Waals surface area contributed by atoms with Gasteiger partial charge in [-0.15, -0.1) is 0 Å². The van der Waals surface area contributed by atoms with Gasteiger partial charge in [-0.2, -0.15) is 0 Å². The average Bonchev–Trinajstić information content (AvgIpc) is 2.37. The van der Waals surface area contributed by atoms with Crippen molar-refractivity contribution >= 4 is 11.7 Å². The largest absolute Gasteiger partial charge is 0.490 e. The highest BCUT2D eigenvalue weighted by Gasteiger charge is 2.16. The zero-order chi connectivity index (χ0) is 14.4. The molecule has 7 heteroatoms. The summed E-state index contributed by atoms with van der Waals surface area (Å²) in [5.74, 6) is -1.23. The van der Waals surface area contributed by atoms with Crippen molar-refractivity contribution in [2.45, 2.75) is 19.8 Å². The van der Waals surface area contributed by atoms with Gasteiger partial charge >= 0.3 is 5.97 Å².